The predicted octanol–water partition coefficient (Wildman–Crippen LogP) is 6.06. The largest absolute Gasteiger partial charge is 0.358 e. The van der Waals surface area contributed by atoms with Crippen molar-refractivity contribution in [1.29, 1.82) is 0 Å². The van der Waals surface area contributed by atoms with Crippen LogP contribution in [0.4, 0.5) is 5.69 Å². The third-order valence-electron chi connectivity index (χ3n) is 5.66. The number of nitrogens with one attached hydrogen (secondary N) is 1. The van der Waals surface area contributed by atoms with Gasteiger partial charge in [0.25, 0.3) is 5.69 Å². The molecule has 5 heteroatoms. The van der Waals surface area contributed by atoms with E-state index in [-0.39, 0.29) is 10.6 Å². The molecule has 0 bridgehead atoms. The molecule has 28 heavy (non-hydrogen) atoms. The van der Waals surface area contributed by atoms with Gasteiger partial charge in [-0.1, -0.05) is 26.0 Å². The van der Waals surface area contributed by atoms with E-state index in [4.69, 9.17) is 4.99 Å². The maximum absolute atomic E-state index is 11.4. The van der Waals surface area contributed by atoms with E-state index < -0.39 is 0 Å². The van der Waals surface area contributed by atoms with Gasteiger partial charge in [0.05, 0.1) is 16.3 Å². The van der Waals surface area contributed by atoms with E-state index in [9.17, 15) is 10.1 Å². The maximum atomic E-state index is 11.4. The number of aryl methyl sites for hydroxylation is 1. The predicted molar refractivity (Wildman–Crippen MR) is 115 cm³/mol. The van der Waals surface area contributed by atoms with Gasteiger partial charge in [-0.05, 0) is 68.4 Å². The molecular weight excluding hydrogens is 350 g/mol. The van der Waals surface area contributed by atoms with Crippen molar-refractivity contribution in [2.75, 3.05) is 0 Å². The van der Waals surface area contributed by atoms with Gasteiger partial charge >= 0.3 is 0 Å². The molecule has 3 rings (SSSR count). The number of hydrogen-bond donors (Lipinski definition) is 1. The Morgan fingerprint density at radius 1 is 1.14 bits per heavy atom. The van der Waals surface area contributed by atoms with E-state index in [1.807, 2.05) is 13.0 Å². The average molecular weight is 377 g/mol. The highest BCUT2D eigenvalue weighted by Gasteiger charge is 2.25. The number of aliphatic imine (C=N–C) groups is 1. The highest BCUT2D eigenvalue weighted by molar-refractivity contribution is 6.05. The third kappa shape index (κ3) is 3.21. The van der Waals surface area contributed by atoms with Crippen LogP contribution in [0.3, 0.4) is 0 Å². The summed E-state index contributed by atoms with van der Waals surface area (Å²) in [6.07, 6.45) is 1.85. The number of benzene rings is 1. The van der Waals surface area contributed by atoms with Crippen LogP contribution in [0.2, 0.25) is 0 Å². The minimum atomic E-state index is -0.348. The second kappa shape index (κ2) is 7.58. The number of nitrogens with zero attached hydrogens (tertiary/aromatic N) is 2. The standard InChI is InChI=1S/C23H27N3O2/c1-7-19-13(3)22(24-15(19)5)21(17-10-9-11-18(12-17)26(27)28)23-14(4)20(8-2)16(6)25-23/h9-12,24H,7-8H2,1-6H3/b23-21+. The molecule has 0 unspecified atom stereocenters. The lowest BCUT2D eigenvalue weighted by molar-refractivity contribution is -0.384. The smallest absolute Gasteiger partial charge is 0.270 e. The molecule has 1 aliphatic heterocycles. The van der Waals surface area contributed by atoms with Gasteiger partial charge < -0.3 is 4.98 Å². The number of aromatic amines is 1. The van der Waals surface area contributed by atoms with Crippen LogP contribution < -0.4 is 0 Å². The molecule has 1 aliphatic rings. The molecule has 146 valence electrons. The van der Waals surface area contributed by atoms with E-state index in [0.717, 1.165) is 52.3 Å². The second-order valence-electron chi connectivity index (χ2n) is 7.27. The van der Waals surface area contributed by atoms with Gasteiger partial charge in [-0.25, -0.2) is 0 Å². The van der Waals surface area contributed by atoms with Crippen molar-refractivity contribution in [3.63, 3.8) is 0 Å². The molecule has 1 aromatic carbocycles. The van der Waals surface area contributed by atoms with Gasteiger partial charge in [0.15, 0.2) is 0 Å². The summed E-state index contributed by atoms with van der Waals surface area (Å²) in [6.45, 7) is 12.6. The molecular formula is C23H27N3O2. The molecule has 0 aliphatic carbocycles. The highest BCUT2D eigenvalue weighted by Crippen LogP contribution is 2.39. The zero-order chi connectivity index (χ0) is 20.6. The molecule has 0 amide bonds. The summed E-state index contributed by atoms with van der Waals surface area (Å²) in [5.41, 5.74) is 10.7. The van der Waals surface area contributed by atoms with Crippen LogP contribution in [0, 0.1) is 24.0 Å². The van der Waals surface area contributed by atoms with Crippen LogP contribution in [0.5, 0.6) is 0 Å². The zero-order valence-corrected chi connectivity index (χ0v) is 17.4. The van der Waals surface area contributed by atoms with E-state index in [1.54, 1.807) is 12.1 Å². The van der Waals surface area contributed by atoms with Crippen molar-refractivity contribution in [3.8, 4) is 0 Å². The fraction of sp³-hybridized carbons (Fsp3) is 0.348. The van der Waals surface area contributed by atoms with Gasteiger partial charge in [-0.15, -0.1) is 0 Å². The summed E-state index contributed by atoms with van der Waals surface area (Å²) in [5.74, 6) is 0. The Kier molecular flexibility index (Phi) is 5.36. The van der Waals surface area contributed by atoms with Crippen molar-refractivity contribution in [2.24, 2.45) is 4.99 Å². The quantitative estimate of drug-likeness (QED) is 0.508. The van der Waals surface area contributed by atoms with Crippen LogP contribution in [0.15, 0.2) is 46.1 Å². The van der Waals surface area contributed by atoms with Crippen LogP contribution in [0.1, 0.15) is 62.2 Å². The highest BCUT2D eigenvalue weighted by atomic mass is 16.6. The van der Waals surface area contributed by atoms with Crippen LogP contribution in [-0.4, -0.2) is 15.6 Å². The van der Waals surface area contributed by atoms with E-state index in [2.05, 4.69) is 39.6 Å². The van der Waals surface area contributed by atoms with Gasteiger partial charge in [0.1, 0.15) is 0 Å². The molecule has 0 radical (unpaired) electrons. The number of H-pyrrole nitrogens is 1. The molecule has 0 atom stereocenters. The SMILES string of the molecule is CCC1=C(C)/C(=C(/c2cccc([N+](=O)[O-])c2)c2[nH]c(C)c(CC)c2C)N=C1C. The summed E-state index contributed by atoms with van der Waals surface area (Å²) in [5, 5.41) is 11.4. The first-order chi connectivity index (χ1) is 13.3. The molecule has 2 heterocycles. The Labute approximate surface area is 166 Å². The Bertz CT molecular complexity index is 1050. The molecule has 0 spiro atoms. The fourth-order valence-corrected chi connectivity index (χ4v) is 4.24. The normalized spacial score (nSPS) is 15.9. The minimum Gasteiger partial charge on any atom is -0.358 e. The number of aromatic nitrogens is 1. The topological polar surface area (TPSA) is 71.3 Å². The third-order valence-corrected chi connectivity index (χ3v) is 5.66. The van der Waals surface area contributed by atoms with Gasteiger partial charge in [0.2, 0.25) is 0 Å². The Balaban J connectivity index is 2.38. The average Bonchev–Trinajstić information content (AvgIpc) is 3.10. The first kappa shape index (κ1) is 19.8. The van der Waals surface area contributed by atoms with Crippen molar-refractivity contribution < 1.29 is 4.92 Å². The molecule has 5 nitrogen and oxygen atoms in total. The van der Waals surface area contributed by atoms with Crippen molar-refractivity contribution in [1.82, 2.24) is 4.98 Å². The van der Waals surface area contributed by atoms with E-state index in [0.29, 0.717) is 0 Å². The van der Waals surface area contributed by atoms with Gasteiger partial charge in [-0.2, -0.15) is 0 Å². The lowest BCUT2D eigenvalue weighted by Gasteiger charge is -2.13. The van der Waals surface area contributed by atoms with Gasteiger partial charge in [-0.3, -0.25) is 15.1 Å². The van der Waals surface area contributed by atoms with E-state index in [1.165, 1.54) is 22.8 Å². The lowest BCUT2D eigenvalue weighted by atomic mass is 9.93. The number of non-ortho nitro benzene ring substituents is 1. The maximum Gasteiger partial charge on any atom is 0.270 e. The van der Waals surface area contributed by atoms with Crippen molar-refractivity contribution in [3.05, 3.63) is 79.3 Å². The summed E-state index contributed by atoms with van der Waals surface area (Å²) in [4.78, 5) is 19.4. The fourth-order valence-electron chi connectivity index (χ4n) is 4.24. The van der Waals surface area contributed by atoms with E-state index >= 15 is 0 Å². The van der Waals surface area contributed by atoms with Crippen LogP contribution in [-0.2, 0) is 6.42 Å². The summed E-state index contributed by atoms with van der Waals surface area (Å²) < 4.78 is 0. The molecule has 1 aromatic heterocycles. The first-order valence-electron chi connectivity index (χ1n) is 9.73. The monoisotopic (exact) mass is 377 g/mol. The summed E-state index contributed by atoms with van der Waals surface area (Å²) in [6, 6.07) is 6.84. The lowest BCUT2D eigenvalue weighted by Crippen LogP contribution is -1.98. The summed E-state index contributed by atoms with van der Waals surface area (Å²) >= 11 is 0. The molecule has 0 saturated heterocycles. The Morgan fingerprint density at radius 3 is 2.39 bits per heavy atom. The Hall–Kier alpha value is -2.95. The van der Waals surface area contributed by atoms with Crippen molar-refractivity contribution >= 4 is 17.0 Å². The summed E-state index contributed by atoms with van der Waals surface area (Å²) in [7, 11) is 0. The number of allylic oxidation sites excluding steroid dienone is 2. The molecule has 0 saturated carbocycles. The number of nitro groups is 1. The zero-order valence-electron chi connectivity index (χ0n) is 17.4. The molecule has 1 N–H and O–H groups in total. The number of rotatable bonds is 5. The van der Waals surface area contributed by atoms with Gasteiger partial charge in [0, 0.05) is 29.1 Å². The molecule has 2 aromatic rings. The van der Waals surface area contributed by atoms with Crippen LogP contribution in [0.25, 0.3) is 5.57 Å². The minimum absolute atomic E-state index is 0.0864. The first-order valence-corrected chi connectivity index (χ1v) is 9.73. The van der Waals surface area contributed by atoms with Crippen LogP contribution >= 0.6 is 0 Å². The molecule has 0 fully saturated rings. The Morgan fingerprint density at radius 2 is 1.86 bits per heavy atom. The number of hydrogen-bond acceptors (Lipinski definition) is 3. The van der Waals surface area contributed by atoms with Crippen molar-refractivity contribution in [2.45, 2.75) is 54.4 Å². The number of nitro benzene ring substituents is 1. The second-order valence-corrected chi connectivity index (χ2v) is 7.27.